The zero-order valence-corrected chi connectivity index (χ0v) is 7.98. The van der Waals surface area contributed by atoms with E-state index >= 15 is 0 Å². The fourth-order valence-corrected chi connectivity index (χ4v) is 2.13. The molecule has 2 atom stereocenters. The van der Waals surface area contributed by atoms with Crippen molar-refractivity contribution in [2.45, 2.75) is 40.5 Å². The van der Waals surface area contributed by atoms with Crippen LogP contribution in [0.3, 0.4) is 0 Å². The van der Waals surface area contributed by atoms with Crippen molar-refractivity contribution in [3.63, 3.8) is 0 Å². The lowest BCUT2D eigenvalue weighted by atomic mass is 9.89. The van der Waals surface area contributed by atoms with Gasteiger partial charge < -0.3 is 0 Å². The highest BCUT2D eigenvalue weighted by Crippen LogP contribution is 2.56. The average Bonchev–Trinajstić information content (AvgIpc) is 2.41. The number of carbonyl (C=O) groups is 1. The van der Waals surface area contributed by atoms with Gasteiger partial charge in [0.15, 0.2) is 0 Å². The maximum absolute atomic E-state index is 11.3. The van der Waals surface area contributed by atoms with Crippen LogP contribution in [0.25, 0.3) is 0 Å². The number of ketones is 1. The normalized spacial score (nSPS) is 35.9. The predicted molar refractivity (Wildman–Crippen MR) is 46.4 cm³/mol. The fraction of sp³-hybridized carbons (Fsp3) is 0.900. The number of hydrogen-bond donors (Lipinski definition) is 0. The first kappa shape index (κ1) is 8.76. The van der Waals surface area contributed by atoms with Crippen LogP contribution in [0.2, 0.25) is 0 Å². The second-order valence-corrected chi connectivity index (χ2v) is 4.42. The van der Waals surface area contributed by atoms with Gasteiger partial charge in [-0.2, -0.15) is 0 Å². The summed E-state index contributed by atoms with van der Waals surface area (Å²) in [4.78, 5) is 11.3. The summed E-state index contributed by atoms with van der Waals surface area (Å²) in [5.74, 6) is 1.70. The summed E-state index contributed by atoms with van der Waals surface area (Å²) in [7, 11) is 0. The van der Waals surface area contributed by atoms with Gasteiger partial charge in [0.05, 0.1) is 0 Å². The van der Waals surface area contributed by atoms with E-state index in [0.717, 1.165) is 12.8 Å². The van der Waals surface area contributed by atoms with Crippen molar-refractivity contribution < 1.29 is 4.79 Å². The molecule has 1 heteroatoms. The lowest BCUT2D eigenvalue weighted by Gasteiger charge is -2.14. The van der Waals surface area contributed by atoms with Gasteiger partial charge in [-0.3, -0.25) is 4.79 Å². The molecule has 0 saturated heterocycles. The van der Waals surface area contributed by atoms with E-state index in [0.29, 0.717) is 17.6 Å². The maximum atomic E-state index is 11.3. The Hall–Kier alpha value is -0.330. The fourth-order valence-electron chi connectivity index (χ4n) is 2.13. The summed E-state index contributed by atoms with van der Waals surface area (Å²) >= 11 is 0. The topological polar surface area (TPSA) is 17.1 Å². The smallest absolute Gasteiger partial charge is 0.136 e. The van der Waals surface area contributed by atoms with E-state index in [-0.39, 0.29) is 5.41 Å². The van der Waals surface area contributed by atoms with Crippen molar-refractivity contribution in [3.05, 3.63) is 0 Å². The Labute approximate surface area is 69.2 Å². The largest absolute Gasteiger partial charge is 0.299 e. The molecule has 0 heterocycles. The third-order valence-corrected chi connectivity index (χ3v) is 2.93. The second kappa shape index (κ2) is 2.62. The van der Waals surface area contributed by atoms with E-state index < -0.39 is 0 Å². The summed E-state index contributed by atoms with van der Waals surface area (Å²) in [6, 6.07) is 0. The molecule has 0 spiro atoms. The van der Waals surface area contributed by atoms with E-state index in [1.54, 1.807) is 6.92 Å². The van der Waals surface area contributed by atoms with Gasteiger partial charge in [-0.1, -0.05) is 20.8 Å². The third-order valence-electron chi connectivity index (χ3n) is 2.93. The molecule has 64 valence electrons. The van der Waals surface area contributed by atoms with E-state index in [1.165, 1.54) is 0 Å². The number of carbonyl (C=O) groups excluding carboxylic acids is 1. The van der Waals surface area contributed by atoms with Crippen molar-refractivity contribution >= 4 is 5.78 Å². The molecule has 0 bridgehead atoms. The molecule has 1 aliphatic rings. The van der Waals surface area contributed by atoms with Crippen molar-refractivity contribution in [2.75, 3.05) is 0 Å². The molecular weight excluding hydrogens is 136 g/mol. The standard InChI is InChI=1S/C10H18O/c1-7(2)5-10(9(4)11)6-8(10)3/h7-8H,5-6H2,1-4H3. The van der Waals surface area contributed by atoms with Gasteiger partial charge in [-0.15, -0.1) is 0 Å². The van der Waals surface area contributed by atoms with Gasteiger partial charge in [0.25, 0.3) is 0 Å². The van der Waals surface area contributed by atoms with Crippen molar-refractivity contribution in [1.82, 2.24) is 0 Å². The minimum atomic E-state index is 0.0914. The Morgan fingerprint density at radius 1 is 1.64 bits per heavy atom. The monoisotopic (exact) mass is 154 g/mol. The van der Waals surface area contributed by atoms with Crippen LogP contribution < -0.4 is 0 Å². The molecule has 0 aromatic carbocycles. The number of rotatable bonds is 3. The van der Waals surface area contributed by atoms with Crippen LogP contribution in [0.4, 0.5) is 0 Å². The van der Waals surface area contributed by atoms with E-state index in [4.69, 9.17) is 0 Å². The average molecular weight is 154 g/mol. The van der Waals surface area contributed by atoms with Crippen LogP contribution in [0.1, 0.15) is 40.5 Å². The Bertz CT molecular complexity index is 172. The molecule has 1 fully saturated rings. The Balaban J connectivity index is 2.57. The van der Waals surface area contributed by atoms with Crippen molar-refractivity contribution in [3.8, 4) is 0 Å². The maximum Gasteiger partial charge on any atom is 0.136 e. The minimum Gasteiger partial charge on any atom is -0.299 e. The summed E-state index contributed by atoms with van der Waals surface area (Å²) in [5, 5.41) is 0. The van der Waals surface area contributed by atoms with Gasteiger partial charge in [0.2, 0.25) is 0 Å². The molecule has 0 radical (unpaired) electrons. The summed E-state index contributed by atoms with van der Waals surface area (Å²) < 4.78 is 0. The number of Topliss-reactive ketones (excluding diaryl/α,β-unsaturated/α-hetero) is 1. The second-order valence-electron chi connectivity index (χ2n) is 4.42. The first-order valence-electron chi connectivity index (χ1n) is 4.50. The highest BCUT2D eigenvalue weighted by molar-refractivity contribution is 5.85. The quantitative estimate of drug-likeness (QED) is 0.610. The molecule has 0 aromatic heterocycles. The molecule has 0 amide bonds. The van der Waals surface area contributed by atoms with Crippen LogP contribution in [0.5, 0.6) is 0 Å². The molecule has 11 heavy (non-hydrogen) atoms. The van der Waals surface area contributed by atoms with E-state index in [2.05, 4.69) is 20.8 Å². The molecular formula is C10H18O. The van der Waals surface area contributed by atoms with Crippen LogP contribution >= 0.6 is 0 Å². The summed E-state index contributed by atoms with van der Waals surface area (Å²) in [6.07, 6.45) is 2.21. The molecule has 0 N–H and O–H groups in total. The first-order valence-corrected chi connectivity index (χ1v) is 4.50. The Morgan fingerprint density at radius 3 is 2.18 bits per heavy atom. The van der Waals surface area contributed by atoms with Gasteiger partial charge >= 0.3 is 0 Å². The van der Waals surface area contributed by atoms with Crippen LogP contribution in [-0.2, 0) is 4.79 Å². The predicted octanol–water partition coefficient (Wildman–Crippen LogP) is 2.65. The molecule has 1 nitrogen and oxygen atoms in total. The Morgan fingerprint density at radius 2 is 2.09 bits per heavy atom. The zero-order chi connectivity index (χ0) is 8.65. The third kappa shape index (κ3) is 1.47. The zero-order valence-electron chi connectivity index (χ0n) is 7.98. The van der Waals surface area contributed by atoms with Crippen molar-refractivity contribution in [1.29, 1.82) is 0 Å². The van der Waals surface area contributed by atoms with Crippen LogP contribution in [0, 0.1) is 17.3 Å². The van der Waals surface area contributed by atoms with Gasteiger partial charge in [-0.25, -0.2) is 0 Å². The first-order chi connectivity index (χ1) is 4.99. The molecule has 0 aliphatic heterocycles. The molecule has 1 aliphatic carbocycles. The number of hydrogen-bond acceptors (Lipinski definition) is 1. The van der Waals surface area contributed by atoms with E-state index in [9.17, 15) is 4.79 Å². The van der Waals surface area contributed by atoms with Gasteiger partial charge in [-0.05, 0) is 31.6 Å². The summed E-state index contributed by atoms with van der Waals surface area (Å²) in [6.45, 7) is 8.31. The van der Waals surface area contributed by atoms with Crippen LogP contribution in [0.15, 0.2) is 0 Å². The lowest BCUT2D eigenvalue weighted by Crippen LogP contribution is -2.16. The van der Waals surface area contributed by atoms with Crippen molar-refractivity contribution in [2.24, 2.45) is 17.3 Å². The van der Waals surface area contributed by atoms with Crippen LogP contribution in [-0.4, -0.2) is 5.78 Å². The lowest BCUT2D eigenvalue weighted by molar-refractivity contribution is -0.123. The Kier molecular flexibility index (Phi) is 2.08. The minimum absolute atomic E-state index is 0.0914. The SMILES string of the molecule is CC(=O)C1(CC(C)C)CC1C. The summed E-state index contributed by atoms with van der Waals surface area (Å²) in [5.41, 5.74) is 0.0914. The molecule has 1 saturated carbocycles. The van der Waals surface area contributed by atoms with Gasteiger partial charge in [0.1, 0.15) is 5.78 Å². The highest BCUT2D eigenvalue weighted by Gasteiger charge is 2.54. The molecule has 1 rings (SSSR count). The van der Waals surface area contributed by atoms with Gasteiger partial charge in [0, 0.05) is 5.41 Å². The molecule has 0 aromatic rings. The van der Waals surface area contributed by atoms with E-state index in [1.807, 2.05) is 0 Å². The highest BCUT2D eigenvalue weighted by atomic mass is 16.1. The molecule has 2 unspecified atom stereocenters.